The fourth-order valence-electron chi connectivity index (χ4n) is 3.11. The van der Waals surface area contributed by atoms with Crippen molar-refractivity contribution in [2.45, 2.75) is 32.1 Å². The molecular weight excluding hydrogens is 366 g/mol. The number of hydrogen-bond donors (Lipinski definition) is 3. The van der Waals surface area contributed by atoms with Crippen molar-refractivity contribution in [3.8, 4) is 0 Å². The average Bonchev–Trinajstić information content (AvgIpc) is 3.09. The lowest BCUT2D eigenvalue weighted by Gasteiger charge is -2.12. The average molecular weight is 388 g/mol. The van der Waals surface area contributed by atoms with E-state index in [2.05, 4.69) is 28.3 Å². The molecule has 1 aliphatic rings. The van der Waals surface area contributed by atoms with Crippen LogP contribution in [-0.4, -0.2) is 17.6 Å². The highest BCUT2D eigenvalue weighted by molar-refractivity contribution is 7.80. The second-order valence-corrected chi connectivity index (χ2v) is 7.28. The Bertz CT molecular complexity index is 792. The summed E-state index contributed by atoms with van der Waals surface area (Å²) in [6, 6.07) is 14.0. The first kappa shape index (κ1) is 18.7. The van der Waals surface area contributed by atoms with Crippen LogP contribution in [0.2, 0.25) is 5.02 Å². The molecule has 0 fully saturated rings. The minimum Gasteiger partial charge on any atom is -0.361 e. The number of aryl methyl sites for hydroxylation is 2. The summed E-state index contributed by atoms with van der Waals surface area (Å²) in [5.74, 6) is -0.107. The zero-order chi connectivity index (χ0) is 18.4. The van der Waals surface area contributed by atoms with E-state index < -0.39 is 0 Å². The van der Waals surface area contributed by atoms with E-state index in [0.29, 0.717) is 18.1 Å². The zero-order valence-corrected chi connectivity index (χ0v) is 16.1. The fourth-order valence-corrected chi connectivity index (χ4v) is 3.39. The molecule has 0 heterocycles. The lowest BCUT2D eigenvalue weighted by atomic mass is 10.0. The van der Waals surface area contributed by atoms with Crippen molar-refractivity contribution in [1.82, 2.24) is 16.2 Å². The van der Waals surface area contributed by atoms with E-state index >= 15 is 0 Å². The highest BCUT2D eigenvalue weighted by Crippen LogP contribution is 2.22. The number of hydrogen-bond acceptors (Lipinski definition) is 2. The molecule has 0 aromatic heterocycles. The van der Waals surface area contributed by atoms with Gasteiger partial charge in [-0.3, -0.25) is 15.6 Å². The van der Waals surface area contributed by atoms with Crippen molar-refractivity contribution in [3.63, 3.8) is 0 Å². The van der Waals surface area contributed by atoms with Crippen LogP contribution in [0.1, 0.15) is 28.7 Å². The predicted molar refractivity (Wildman–Crippen MR) is 109 cm³/mol. The molecule has 3 rings (SSSR count). The van der Waals surface area contributed by atoms with Crippen LogP contribution in [0, 0.1) is 0 Å². The molecule has 0 aliphatic heterocycles. The van der Waals surface area contributed by atoms with E-state index in [1.807, 2.05) is 30.3 Å². The van der Waals surface area contributed by atoms with Crippen LogP contribution in [0.15, 0.2) is 42.5 Å². The standard InChI is InChI=1S/C20H22ClN3OS/c21-18-8-5-14(6-9-18)10-11-22-20(26)24-23-19(25)13-15-4-7-16-2-1-3-17(16)12-15/h4-9,12H,1-3,10-11,13H2,(H,23,25)(H2,22,24,26). The van der Waals surface area contributed by atoms with E-state index in [1.165, 1.54) is 23.1 Å². The zero-order valence-electron chi connectivity index (χ0n) is 14.5. The molecule has 2 aromatic carbocycles. The predicted octanol–water partition coefficient (Wildman–Crippen LogP) is 3.11. The third kappa shape index (κ3) is 5.44. The van der Waals surface area contributed by atoms with Crippen molar-refractivity contribution in [2.24, 2.45) is 0 Å². The molecule has 26 heavy (non-hydrogen) atoms. The van der Waals surface area contributed by atoms with Crippen LogP contribution in [0.4, 0.5) is 0 Å². The van der Waals surface area contributed by atoms with E-state index in [1.54, 1.807) is 0 Å². The van der Waals surface area contributed by atoms with Gasteiger partial charge in [0, 0.05) is 11.6 Å². The Morgan fingerprint density at radius 1 is 1.00 bits per heavy atom. The Kier molecular flexibility index (Phi) is 6.47. The lowest BCUT2D eigenvalue weighted by molar-refractivity contribution is -0.121. The second-order valence-electron chi connectivity index (χ2n) is 6.44. The molecule has 1 aliphatic carbocycles. The summed E-state index contributed by atoms with van der Waals surface area (Å²) in [5.41, 5.74) is 10.4. The Morgan fingerprint density at radius 3 is 2.54 bits per heavy atom. The van der Waals surface area contributed by atoms with Crippen molar-refractivity contribution in [1.29, 1.82) is 0 Å². The van der Waals surface area contributed by atoms with Gasteiger partial charge in [-0.25, -0.2) is 0 Å². The number of benzene rings is 2. The molecule has 4 nitrogen and oxygen atoms in total. The summed E-state index contributed by atoms with van der Waals surface area (Å²) in [5, 5.41) is 4.20. The summed E-state index contributed by atoms with van der Waals surface area (Å²) in [6.45, 7) is 0.675. The van der Waals surface area contributed by atoms with E-state index in [0.717, 1.165) is 29.8 Å². The van der Waals surface area contributed by atoms with Gasteiger partial charge in [0.2, 0.25) is 5.91 Å². The van der Waals surface area contributed by atoms with Crippen LogP contribution < -0.4 is 16.2 Å². The topological polar surface area (TPSA) is 53.2 Å². The van der Waals surface area contributed by atoms with Crippen LogP contribution in [0.25, 0.3) is 0 Å². The minimum absolute atomic E-state index is 0.107. The molecule has 0 atom stereocenters. The Balaban J connectivity index is 1.36. The number of fused-ring (bicyclic) bond motifs is 1. The molecule has 0 spiro atoms. The van der Waals surface area contributed by atoms with Crippen molar-refractivity contribution >= 4 is 34.8 Å². The smallest absolute Gasteiger partial charge is 0.242 e. The van der Waals surface area contributed by atoms with Gasteiger partial charge < -0.3 is 5.32 Å². The van der Waals surface area contributed by atoms with Crippen LogP contribution in [0.5, 0.6) is 0 Å². The third-order valence-corrected chi connectivity index (χ3v) is 4.95. The molecule has 6 heteroatoms. The number of rotatable bonds is 5. The largest absolute Gasteiger partial charge is 0.361 e. The summed E-state index contributed by atoms with van der Waals surface area (Å²) in [7, 11) is 0. The van der Waals surface area contributed by atoms with Crippen molar-refractivity contribution in [2.75, 3.05) is 6.54 Å². The fraction of sp³-hybridized carbons (Fsp3) is 0.300. The molecule has 1 amide bonds. The van der Waals surface area contributed by atoms with Gasteiger partial charge in [0.25, 0.3) is 0 Å². The highest BCUT2D eigenvalue weighted by atomic mass is 35.5. The maximum Gasteiger partial charge on any atom is 0.242 e. The van der Waals surface area contributed by atoms with Crippen molar-refractivity contribution < 1.29 is 4.79 Å². The maximum absolute atomic E-state index is 12.1. The molecule has 0 saturated carbocycles. The van der Waals surface area contributed by atoms with Gasteiger partial charge in [-0.2, -0.15) is 0 Å². The molecule has 2 aromatic rings. The normalized spacial score (nSPS) is 12.3. The number of nitrogens with one attached hydrogen (secondary N) is 3. The molecule has 0 saturated heterocycles. The highest BCUT2D eigenvalue weighted by Gasteiger charge is 2.12. The van der Waals surface area contributed by atoms with Gasteiger partial charge >= 0.3 is 0 Å². The molecule has 3 N–H and O–H groups in total. The van der Waals surface area contributed by atoms with E-state index in [4.69, 9.17) is 23.8 Å². The lowest BCUT2D eigenvalue weighted by Crippen LogP contribution is -2.47. The number of thiocarbonyl (C=S) groups is 1. The summed E-state index contributed by atoms with van der Waals surface area (Å²) in [4.78, 5) is 12.1. The minimum atomic E-state index is -0.107. The molecular formula is C20H22ClN3OS. The molecule has 0 radical (unpaired) electrons. The van der Waals surface area contributed by atoms with Gasteiger partial charge in [-0.15, -0.1) is 0 Å². The van der Waals surface area contributed by atoms with E-state index in [9.17, 15) is 4.79 Å². The maximum atomic E-state index is 12.1. The third-order valence-electron chi connectivity index (χ3n) is 4.46. The van der Waals surface area contributed by atoms with Crippen molar-refractivity contribution in [3.05, 3.63) is 69.7 Å². The Labute approximate surface area is 164 Å². The monoisotopic (exact) mass is 387 g/mol. The quantitative estimate of drug-likeness (QED) is 0.545. The first-order valence-electron chi connectivity index (χ1n) is 8.78. The van der Waals surface area contributed by atoms with Gasteiger partial charge in [0.1, 0.15) is 0 Å². The SMILES string of the molecule is O=C(Cc1ccc2c(c1)CCC2)NNC(=S)NCCc1ccc(Cl)cc1. The van der Waals surface area contributed by atoms with Crippen LogP contribution in [-0.2, 0) is 30.5 Å². The number of hydrazine groups is 1. The Morgan fingerprint density at radius 2 is 1.73 bits per heavy atom. The summed E-state index contributed by atoms with van der Waals surface area (Å²) >= 11 is 11.0. The number of halogens is 1. The van der Waals surface area contributed by atoms with Gasteiger partial charge in [-0.05, 0) is 72.3 Å². The van der Waals surface area contributed by atoms with Gasteiger partial charge in [-0.1, -0.05) is 41.9 Å². The first-order chi connectivity index (χ1) is 12.6. The molecule has 0 unspecified atom stereocenters. The second kappa shape index (κ2) is 9.01. The Hall–Kier alpha value is -2.11. The van der Waals surface area contributed by atoms with E-state index in [-0.39, 0.29) is 5.91 Å². The van der Waals surface area contributed by atoms with Crippen LogP contribution in [0.3, 0.4) is 0 Å². The van der Waals surface area contributed by atoms with Gasteiger partial charge in [0.05, 0.1) is 6.42 Å². The summed E-state index contributed by atoms with van der Waals surface area (Å²) < 4.78 is 0. The van der Waals surface area contributed by atoms with Gasteiger partial charge in [0.15, 0.2) is 5.11 Å². The number of carbonyl (C=O) groups is 1. The molecule has 0 bridgehead atoms. The first-order valence-corrected chi connectivity index (χ1v) is 9.56. The summed E-state index contributed by atoms with van der Waals surface area (Å²) in [6.07, 6.45) is 4.64. The van der Waals surface area contributed by atoms with Crippen LogP contribution >= 0.6 is 23.8 Å². The number of amides is 1. The number of carbonyl (C=O) groups excluding carboxylic acids is 1. The molecule has 136 valence electrons.